The molecule has 0 aliphatic heterocycles. The highest BCUT2D eigenvalue weighted by molar-refractivity contribution is 5.96. The van der Waals surface area contributed by atoms with Crippen molar-refractivity contribution >= 4 is 5.91 Å². The molecule has 2 aromatic rings. The molecule has 2 rings (SSSR count). The molecule has 0 radical (unpaired) electrons. The van der Waals surface area contributed by atoms with Gasteiger partial charge in [-0.05, 0) is 24.3 Å². The van der Waals surface area contributed by atoms with Crippen molar-refractivity contribution in [3.63, 3.8) is 0 Å². The Bertz CT molecular complexity index is 539. The van der Waals surface area contributed by atoms with Gasteiger partial charge in [-0.1, -0.05) is 18.2 Å². The summed E-state index contributed by atoms with van der Waals surface area (Å²) in [4.78, 5) is 17.6. The summed E-state index contributed by atoms with van der Waals surface area (Å²) in [5.74, 6) is 0.848. The van der Waals surface area contributed by atoms with E-state index in [1.165, 1.54) is 4.90 Å². The number of rotatable bonds is 3. The molecule has 4 heteroatoms. The van der Waals surface area contributed by atoms with Crippen LogP contribution in [0.5, 0.6) is 11.6 Å². The second kappa shape index (κ2) is 5.31. The van der Waals surface area contributed by atoms with Crippen LogP contribution >= 0.6 is 0 Å². The van der Waals surface area contributed by atoms with Crippen LogP contribution in [-0.4, -0.2) is 29.9 Å². The quantitative estimate of drug-likeness (QED) is 0.830. The van der Waals surface area contributed by atoms with E-state index < -0.39 is 0 Å². The summed E-state index contributed by atoms with van der Waals surface area (Å²) in [7, 11) is 3.39. The van der Waals surface area contributed by atoms with Gasteiger partial charge in [0.2, 0.25) is 5.88 Å². The molecule has 92 valence electrons. The lowest BCUT2D eigenvalue weighted by Crippen LogP contribution is -2.22. The third-order valence-electron chi connectivity index (χ3n) is 2.37. The van der Waals surface area contributed by atoms with Crippen molar-refractivity contribution in [2.45, 2.75) is 0 Å². The first-order valence-electron chi connectivity index (χ1n) is 5.58. The molecule has 0 unspecified atom stereocenters. The summed E-state index contributed by atoms with van der Waals surface area (Å²) < 4.78 is 5.62. The number of benzene rings is 1. The molecule has 1 amide bonds. The maximum absolute atomic E-state index is 12.0. The lowest BCUT2D eigenvalue weighted by Gasteiger charge is -2.13. The fourth-order valence-corrected chi connectivity index (χ4v) is 1.48. The van der Waals surface area contributed by atoms with E-state index in [-0.39, 0.29) is 5.91 Å². The van der Waals surface area contributed by atoms with Crippen molar-refractivity contribution in [1.82, 2.24) is 9.88 Å². The molecule has 0 N–H and O–H groups in total. The zero-order chi connectivity index (χ0) is 13.0. The highest BCUT2D eigenvalue weighted by atomic mass is 16.5. The highest BCUT2D eigenvalue weighted by Crippen LogP contribution is 2.23. The van der Waals surface area contributed by atoms with E-state index in [4.69, 9.17) is 4.74 Å². The number of nitrogens with zero attached hydrogens (tertiary/aromatic N) is 2. The van der Waals surface area contributed by atoms with Gasteiger partial charge in [0.15, 0.2) is 0 Å². The Morgan fingerprint density at radius 3 is 2.50 bits per heavy atom. The summed E-state index contributed by atoms with van der Waals surface area (Å²) in [6, 6.07) is 12.7. The molecule has 0 aliphatic rings. The first kappa shape index (κ1) is 12.1. The van der Waals surface area contributed by atoms with Crippen molar-refractivity contribution in [3.05, 3.63) is 54.2 Å². The van der Waals surface area contributed by atoms with E-state index in [0.717, 1.165) is 0 Å². The van der Waals surface area contributed by atoms with Gasteiger partial charge < -0.3 is 9.64 Å². The summed E-state index contributed by atoms with van der Waals surface area (Å²) >= 11 is 0. The SMILES string of the molecule is CN(C)C(=O)c1cccnc1Oc1ccccc1. The number of para-hydroxylation sites is 1. The van der Waals surface area contributed by atoms with Gasteiger partial charge in [-0.15, -0.1) is 0 Å². The van der Waals surface area contributed by atoms with Crippen molar-refractivity contribution in [1.29, 1.82) is 0 Å². The number of pyridine rings is 1. The number of ether oxygens (including phenoxy) is 1. The molecule has 1 aromatic heterocycles. The van der Waals surface area contributed by atoms with Gasteiger partial charge in [0.1, 0.15) is 11.3 Å². The number of hydrogen-bond acceptors (Lipinski definition) is 3. The van der Waals surface area contributed by atoms with E-state index in [2.05, 4.69) is 4.98 Å². The van der Waals surface area contributed by atoms with Crippen molar-refractivity contribution in [2.24, 2.45) is 0 Å². The van der Waals surface area contributed by atoms with Crippen molar-refractivity contribution in [3.8, 4) is 11.6 Å². The molecule has 1 heterocycles. The van der Waals surface area contributed by atoms with E-state index >= 15 is 0 Å². The van der Waals surface area contributed by atoms with Crippen LogP contribution in [0, 0.1) is 0 Å². The smallest absolute Gasteiger partial charge is 0.258 e. The zero-order valence-electron chi connectivity index (χ0n) is 10.3. The van der Waals surface area contributed by atoms with Crippen LogP contribution < -0.4 is 4.74 Å². The van der Waals surface area contributed by atoms with E-state index in [0.29, 0.717) is 17.2 Å². The molecule has 0 atom stereocenters. The Morgan fingerprint density at radius 2 is 1.83 bits per heavy atom. The lowest BCUT2D eigenvalue weighted by atomic mass is 10.2. The lowest BCUT2D eigenvalue weighted by molar-refractivity contribution is 0.0824. The second-order valence-electron chi connectivity index (χ2n) is 3.97. The van der Waals surface area contributed by atoms with Crippen molar-refractivity contribution in [2.75, 3.05) is 14.1 Å². The molecule has 0 spiro atoms. The van der Waals surface area contributed by atoms with Crippen LogP contribution in [-0.2, 0) is 0 Å². The zero-order valence-corrected chi connectivity index (χ0v) is 10.3. The van der Waals surface area contributed by atoms with Crippen LogP contribution in [0.2, 0.25) is 0 Å². The van der Waals surface area contributed by atoms with Crippen LogP contribution in [0.15, 0.2) is 48.7 Å². The van der Waals surface area contributed by atoms with Crippen LogP contribution in [0.1, 0.15) is 10.4 Å². The molecule has 0 saturated heterocycles. The number of aromatic nitrogens is 1. The Kier molecular flexibility index (Phi) is 3.57. The fraction of sp³-hybridized carbons (Fsp3) is 0.143. The Balaban J connectivity index is 2.31. The number of carbonyl (C=O) groups excluding carboxylic acids is 1. The number of hydrogen-bond donors (Lipinski definition) is 0. The first-order valence-corrected chi connectivity index (χ1v) is 5.58. The van der Waals surface area contributed by atoms with E-state index in [1.54, 1.807) is 32.4 Å². The van der Waals surface area contributed by atoms with Crippen LogP contribution in [0.3, 0.4) is 0 Å². The van der Waals surface area contributed by atoms with Gasteiger partial charge >= 0.3 is 0 Å². The summed E-state index contributed by atoms with van der Waals surface area (Å²) in [5.41, 5.74) is 0.450. The molecular formula is C14H14N2O2. The standard InChI is InChI=1S/C14H14N2O2/c1-16(2)14(17)12-9-6-10-15-13(12)18-11-7-4-3-5-8-11/h3-10H,1-2H3. The predicted molar refractivity (Wildman–Crippen MR) is 68.8 cm³/mol. The predicted octanol–water partition coefficient (Wildman–Crippen LogP) is 2.58. The average molecular weight is 242 g/mol. The Morgan fingerprint density at radius 1 is 1.11 bits per heavy atom. The van der Waals surface area contributed by atoms with Gasteiger partial charge in [0, 0.05) is 20.3 Å². The largest absolute Gasteiger partial charge is 0.438 e. The van der Waals surface area contributed by atoms with Crippen LogP contribution in [0.25, 0.3) is 0 Å². The average Bonchev–Trinajstić information content (AvgIpc) is 2.39. The normalized spacial score (nSPS) is 9.89. The van der Waals surface area contributed by atoms with Gasteiger partial charge in [-0.3, -0.25) is 4.79 Å². The van der Waals surface area contributed by atoms with E-state index in [1.807, 2.05) is 30.3 Å². The molecule has 0 aliphatic carbocycles. The highest BCUT2D eigenvalue weighted by Gasteiger charge is 2.15. The van der Waals surface area contributed by atoms with Gasteiger partial charge in [0.05, 0.1) is 0 Å². The summed E-state index contributed by atoms with van der Waals surface area (Å²) in [6.07, 6.45) is 1.60. The topological polar surface area (TPSA) is 42.4 Å². The van der Waals surface area contributed by atoms with Gasteiger partial charge in [0.25, 0.3) is 5.91 Å². The van der Waals surface area contributed by atoms with Gasteiger partial charge in [-0.25, -0.2) is 4.98 Å². The summed E-state index contributed by atoms with van der Waals surface area (Å²) in [6.45, 7) is 0. The maximum Gasteiger partial charge on any atom is 0.258 e. The number of carbonyl (C=O) groups is 1. The molecule has 1 aromatic carbocycles. The molecular weight excluding hydrogens is 228 g/mol. The first-order chi connectivity index (χ1) is 8.68. The molecule has 0 fully saturated rings. The maximum atomic E-state index is 12.0. The minimum Gasteiger partial charge on any atom is -0.438 e. The minimum absolute atomic E-state index is 0.131. The van der Waals surface area contributed by atoms with Gasteiger partial charge in [-0.2, -0.15) is 0 Å². The second-order valence-corrected chi connectivity index (χ2v) is 3.97. The third-order valence-corrected chi connectivity index (χ3v) is 2.37. The summed E-state index contributed by atoms with van der Waals surface area (Å²) in [5, 5.41) is 0. The Hall–Kier alpha value is -2.36. The number of amides is 1. The van der Waals surface area contributed by atoms with Crippen LogP contribution in [0.4, 0.5) is 0 Å². The third kappa shape index (κ3) is 2.66. The molecule has 0 bridgehead atoms. The molecule has 18 heavy (non-hydrogen) atoms. The molecule has 4 nitrogen and oxygen atoms in total. The monoisotopic (exact) mass is 242 g/mol. The van der Waals surface area contributed by atoms with E-state index in [9.17, 15) is 4.79 Å². The fourth-order valence-electron chi connectivity index (χ4n) is 1.48. The Labute approximate surface area is 106 Å². The molecule has 0 saturated carbocycles. The van der Waals surface area contributed by atoms with Crippen molar-refractivity contribution < 1.29 is 9.53 Å². The minimum atomic E-state index is -0.131.